The molecule has 0 unspecified atom stereocenters. The number of nitrogens with two attached hydrogens (primary N) is 1. The molecule has 0 bridgehead atoms. The SMILES string of the molecule is NCC#Cc1ccsc1C(=O)Nc1ccncc1F. The summed E-state index contributed by atoms with van der Waals surface area (Å²) in [4.78, 5) is 16.1. The molecular formula is C13H10FN3OS. The number of hydrogen-bond acceptors (Lipinski definition) is 4. The minimum atomic E-state index is -0.581. The number of hydrogen-bond donors (Lipinski definition) is 2. The lowest BCUT2D eigenvalue weighted by Crippen LogP contribution is -2.12. The summed E-state index contributed by atoms with van der Waals surface area (Å²) < 4.78 is 13.4. The summed E-state index contributed by atoms with van der Waals surface area (Å²) in [5, 5.41) is 4.24. The van der Waals surface area contributed by atoms with Crippen molar-refractivity contribution in [3.05, 3.63) is 46.2 Å². The van der Waals surface area contributed by atoms with Crippen molar-refractivity contribution < 1.29 is 9.18 Å². The van der Waals surface area contributed by atoms with E-state index in [1.165, 1.54) is 23.6 Å². The maximum atomic E-state index is 13.4. The van der Waals surface area contributed by atoms with E-state index in [0.29, 0.717) is 10.4 Å². The smallest absolute Gasteiger partial charge is 0.267 e. The first-order valence-corrected chi connectivity index (χ1v) is 6.27. The molecule has 0 saturated carbocycles. The number of carbonyl (C=O) groups excluding carboxylic acids is 1. The van der Waals surface area contributed by atoms with E-state index in [-0.39, 0.29) is 12.2 Å². The molecule has 2 aromatic rings. The molecule has 1 amide bonds. The van der Waals surface area contributed by atoms with E-state index >= 15 is 0 Å². The highest BCUT2D eigenvalue weighted by atomic mass is 32.1. The second-order valence-corrected chi connectivity index (χ2v) is 4.40. The standard InChI is InChI=1S/C13H10FN3OS/c14-10-8-16-6-3-11(10)17-13(18)12-9(2-1-5-15)4-7-19-12/h3-4,6-8H,5,15H2,(H,16,17,18). The fourth-order valence-corrected chi connectivity index (χ4v) is 2.13. The minimum absolute atomic E-state index is 0.0890. The molecule has 2 rings (SSSR count). The molecule has 0 aromatic carbocycles. The molecule has 6 heteroatoms. The van der Waals surface area contributed by atoms with Crippen LogP contribution in [0.3, 0.4) is 0 Å². The number of nitrogens with one attached hydrogen (secondary N) is 1. The zero-order valence-corrected chi connectivity index (χ0v) is 10.6. The van der Waals surface area contributed by atoms with Gasteiger partial charge in [0.05, 0.1) is 18.4 Å². The van der Waals surface area contributed by atoms with E-state index < -0.39 is 11.7 Å². The molecule has 2 aromatic heterocycles. The van der Waals surface area contributed by atoms with Crippen LogP contribution in [0, 0.1) is 17.7 Å². The number of amides is 1. The van der Waals surface area contributed by atoms with E-state index in [2.05, 4.69) is 22.1 Å². The minimum Gasteiger partial charge on any atom is -0.320 e. The molecule has 0 fully saturated rings. The number of anilines is 1. The summed E-state index contributed by atoms with van der Waals surface area (Å²) in [6.45, 7) is 0.218. The molecule has 0 spiro atoms. The van der Waals surface area contributed by atoms with Crippen LogP contribution >= 0.6 is 11.3 Å². The van der Waals surface area contributed by atoms with Gasteiger partial charge in [-0.2, -0.15) is 0 Å². The van der Waals surface area contributed by atoms with Crippen LogP contribution in [0.15, 0.2) is 29.9 Å². The second kappa shape index (κ2) is 6.09. The van der Waals surface area contributed by atoms with Gasteiger partial charge >= 0.3 is 0 Å². The summed E-state index contributed by atoms with van der Waals surface area (Å²) >= 11 is 1.24. The fourth-order valence-electron chi connectivity index (χ4n) is 1.39. The number of nitrogens with zero attached hydrogens (tertiary/aromatic N) is 1. The van der Waals surface area contributed by atoms with Gasteiger partial charge in [-0.3, -0.25) is 9.78 Å². The molecule has 19 heavy (non-hydrogen) atoms. The quantitative estimate of drug-likeness (QED) is 0.822. The predicted octanol–water partition coefficient (Wildman–Crippen LogP) is 1.84. The van der Waals surface area contributed by atoms with Crippen molar-refractivity contribution >= 4 is 22.9 Å². The number of rotatable bonds is 2. The Morgan fingerprint density at radius 1 is 1.53 bits per heavy atom. The Bertz CT molecular complexity index is 657. The van der Waals surface area contributed by atoms with E-state index in [1.54, 1.807) is 11.4 Å². The Morgan fingerprint density at radius 3 is 3.11 bits per heavy atom. The van der Waals surface area contributed by atoms with Gasteiger partial charge in [0.1, 0.15) is 4.88 Å². The third-order valence-electron chi connectivity index (χ3n) is 2.22. The third-order valence-corrected chi connectivity index (χ3v) is 3.13. The van der Waals surface area contributed by atoms with Crippen LogP contribution in [-0.2, 0) is 0 Å². The Kier molecular flexibility index (Phi) is 4.23. The van der Waals surface area contributed by atoms with Gasteiger partial charge in [-0.25, -0.2) is 4.39 Å². The van der Waals surface area contributed by atoms with Gasteiger partial charge < -0.3 is 11.1 Å². The molecule has 0 saturated heterocycles. The number of pyridine rings is 1. The largest absolute Gasteiger partial charge is 0.320 e. The molecule has 2 heterocycles. The highest BCUT2D eigenvalue weighted by Gasteiger charge is 2.13. The van der Waals surface area contributed by atoms with E-state index in [1.807, 2.05) is 0 Å². The van der Waals surface area contributed by atoms with Crippen LogP contribution in [0.5, 0.6) is 0 Å². The Morgan fingerprint density at radius 2 is 2.37 bits per heavy atom. The number of aromatic nitrogens is 1. The second-order valence-electron chi connectivity index (χ2n) is 3.48. The van der Waals surface area contributed by atoms with Gasteiger partial charge in [0.2, 0.25) is 0 Å². The first kappa shape index (κ1) is 13.2. The van der Waals surface area contributed by atoms with E-state index in [4.69, 9.17) is 5.73 Å². The lowest BCUT2D eigenvalue weighted by molar-refractivity contribution is 0.103. The number of halogens is 1. The van der Waals surface area contributed by atoms with Crippen molar-refractivity contribution in [2.45, 2.75) is 0 Å². The monoisotopic (exact) mass is 275 g/mol. The summed E-state index contributed by atoms with van der Waals surface area (Å²) in [5.74, 6) is 4.50. The van der Waals surface area contributed by atoms with Crippen molar-refractivity contribution in [1.82, 2.24) is 4.98 Å². The van der Waals surface area contributed by atoms with Gasteiger partial charge in [0.15, 0.2) is 5.82 Å². The van der Waals surface area contributed by atoms with Gasteiger partial charge in [-0.1, -0.05) is 11.8 Å². The molecule has 96 valence electrons. The van der Waals surface area contributed by atoms with Crippen molar-refractivity contribution in [3.63, 3.8) is 0 Å². The predicted molar refractivity (Wildman–Crippen MR) is 72.4 cm³/mol. The maximum absolute atomic E-state index is 13.4. The molecule has 0 atom stereocenters. The molecule has 3 N–H and O–H groups in total. The number of carbonyl (C=O) groups is 1. The summed E-state index contributed by atoms with van der Waals surface area (Å²) in [6.07, 6.45) is 2.45. The highest BCUT2D eigenvalue weighted by Crippen LogP contribution is 2.19. The van der Waals surface area contributed by atoms with Gasteiger partial charge in [0, 0.05) is 11.8 Å². The topological polar surface area (TPSA) is 68.0 Å². The van der Waals surface area contributed by atoms with Crippen molar-refractivity contribution in [2.24, 2.45) is 5.73 Å². The first-order chi connectivity index (χ1) is 9.22. The van der Waals surface area contributed by atoms with Gasteiger partial charge in [-0.15, -0.1) is 11.3 Å². The van der Waals surface area contributed by atoms with E-state index in [0.717, 1.165) is 6.20 Å². The van der Waals surface area contributed by atoms with Gasteiger partial charge in [-0.05, 0) is 17.5 Å². The Labute approximate surface area is 113 Å². The Balaban J connectivity index is 2.22. The number of thiophene rings is 1. The van der Waals surface area contributed by atoms with Crippen LogP contribution < -0.4 is 11.1 Å². The van der Waals surface area contributed by atoms with Gasteiger partial charge in [0.25, 0.3) is 5.91 Å². The highest BCUT2D eigenvalue weighted by molar-refractivity contribution is 7.12. The Hall–Kier alpha value is -2.23. The lowest BCUT2D eigenvalue weighted by Gasteiger charge is -2.04. The van der Waals surface area contributed by atoms with Crippen molar-refractivity contribution in [2.75, 3.05) is 11.9 Å². The average molecular weight is 275 g/mol. The molecule has 4 nitrogen and oxygen atoms in total. The molecule has 0 aliphatic rings. The third kappa shape index (κ3) is 3.16. The van der Waals surface area contributed by atoms with Crippen LogP contribution in [-0.4, -0.2) is 17.4 Å². The van der Waals surface area contributed by atoms with Crippen LogP contribution in [0.25, 0.3) is 0 Å². The lowest BCUT2D eigenvalue weighted by atomic mass is 10.2. The normalized spacial score (nSPS) is 9.58. The summed E-state index contributed by atoms with van der Waals surface area (Å²) in [5.41, 5.74) is 5.96. The summed E-state index contributed by atoms with van der Waals surface area (Å²) in [6, 6.07) is 3.12. The average Bonchev–Trinajstić information content (AvgIpc) is 2.87. The zero-order chi connectivity index (χ0) is 13.7. The fraction of sp³-hybridized carbons (Fsp3) is 0.0769. The molecule has 0 radical (unpaired) electrons. The molecule has 0 aliphatic heterocycles. The van der Waals surface area contributed by atoms with Crippen LogP contribution in [0.2, 0.25) is 0 Å². The molecule has 0 aliphatic carbocycles. The molecular weight excluding hydrogens is 265 g/mol. The van der Waals surface area contributed by atoms with Crippen LogP contribution in [0.4, 0.5) is 10.1 Å². The van der Waals surface area contributed by atoms with Crippen molar-refractivity contribution in [3.8, 4) is 11.8 Å². The zero-order valence-electron chi connectivity index (χ0n) is 9.81. The first-order valence-electron chi connectivity index (χ1n) is 5.39. The maximum Gasteiger partial charge on any atom is 0.267 e. The van der Waals surface area contributed by atoms with Crippen LogP contribution in [0.1, 0.15) is 15.2 Å². The van der Waals surface area contributed by atoms with E-state index in [9.17, 15) is 9.18 Å². The van der Waals surface area contributed by atoms with Crippen molar-refractivity contribution in [1.29, 1.82) is 0 Å². The summed E-state index contributed by atoms with van der Waals surface area (Å²) in [7, 11) is 0.